The zero-order valence-corrected chi connectivity index (χ0v) is 7.01. The van der Waals surface area contributed by atoms with Crippen LogP contribution in [0.4, 0.5) is 0 Å². The summed E-state index contributed by atoms with van der Waals surface area (Å²) in [6, 6.07) is 0. The molecule has 3 heteroatoms. The van der Waals surface area contributed by atoms with Crippen LogP contribution in [0.1, 0.15) is 13.3 Å². The Balaban J connectivity index is 2.56. The quantitative estimate of drug-likeness (QED) is 0.575. The lowest BCUT2D eigenvalue weighted by Crippen LogP contribution is -2.57. The fourth-order valence-electron chi connectivity index (χ4n) is 1.39. The molecule has 1 unspecified atom stereocenters. The summed E-state index contributed by atoms with van der Waals surface area (Å²) in [7, 11) is 0. The summed E-state index contributed by atoms with van der Waals surface area (Å²) in [5.41, 5.74) is -0.153. The molecule has 11 heavy (non-hydrogen) atoms. The molecule has 1 atom stereocenters. The number of nitrogens with zero attached hydrogens (tertiary/aromatic N) is 1. The van der Waals surface area contributed by atoms with Gasteiger partial charge in [-0.3, -0.25) is 0 Å². The predicted octanol–water partition coefficient (Wildman–Crippen LogP) is 0.616. The second-order valence-corrected chi connectivity index (χ2v) is 3.29. The Labute approximate surface area is 67.7 Å². The number of hydrogen-bond donors (Lipinski definition) is 2. The van der Waals surface area contributed by atoms with Crippen LogP contribution >= 0.6 is 0 Å². The average Bonchev–Trinajstić information content (AvgIpc) is 1.96. The van der Waals surface area contributed by atoms with Gasteiger partial charge in [0.05, 0.1) is 5.54 Å². The number of rotatable bonds is 2. The zero-order valence-electron chi connectivity index (χ0n) is 7.01. The molecule has 1 saturated heterocycles. The van der Waals surface area contributed by atoms with Gasteiger partial charge in [-0.1, -0.05) is 6.08 Å². The minimum Gasteiger partial charge on any atom is -0.313 e. The van der Waals surface area contributed by atoms with E-state index in [4.69, 9.17) is 0 Å². The highest BCUT2D eigenvalue weighted by Crippen LogP contribution is 2.18. The maximum absolute atomic E-state index is 9.50. The summed E-state index contributed by atoms with van der Waals surface area (Å²) in [5, 5.41) is 14.2. The first kappa shape index (κ1) is 8.71. The van der Waals surface area contributed by atoms with Gasteiger partial charge >= 0.3 is 0 Å². The van der Waals surface area contributed by atoms with Crippen molar-refractivity contribution >= 4 is 0 Å². The first-order chi connectivity index (χ1) is 5.19. The SMILES string of the molecule is C=CCC1(C)CNCCN1O. The lowest BCUT2D eigenvalue weighted by Gasteiger charge is -2.40. The van der Waals surface area contributed by atoms with Crippen LogP contribution in [0.25, 0.3) is 0 Å². The molecule has 1 fully saturated rings. The molecule has 0 radical (unpaired) electrons. The highest BCUT2D eigenvalue weighted by molar-refractivity contribution is 4.93. The molecule has 1 aliphatic rings. The third kappa shape index (κ3) is 1.80. The monoisotopic (exact) mass is 156 g/mol. The number of hydrogen-bond acceptors (Lipinski definition) is 3. The van der Waals surface area contributed by atoms with Crippen LogP contribution in [0.15, 0.2) is 12.7 Å². The Morgan fingerprint density at radius 2 is 2.55 bits per heavy atom. The van der Waals surface area contributed by atoms with E-state index in [9.17, 15) is 5.21 Å². The standard InChI is InChI=1S/C8H16N2O/c1-3-4-8(2)7-9-5-6-10(8)11/h3,9,11H,1,4-7H2,2H3. The van der Waals surface area contributed by atoms with Crippen molar-refractivity contribution in [1.82, 2.24) is 10.4 Å². The van der Waals surface area contributed by atoms with Gasteiger partial charge in [-0.25, -0.2) is 0 Å². The summed E-state index contributed by atoms with van der Waals surface area (Å²) >= 11 is 0. The molecule has 0 aliphatic carbocycles. The largest absolute Gasteiger partial charge is 0.313 e. The van der Waals surface area contributed by atoms with Gasteiger partial charge in [0.15, 0.2) is 0 Å². The number of piperazine rings is 1. The van der Waals surface area contributed by atoms with Gasteiger partial charge in [0, 0.05) is 19.6 Å². The lowest BCUT2D eigenvalue weighted by atomic mass is 9.95. The number of nitrogens with one attached hydrogen (secondary N) is 1. The topological polar surface area (TPSA) is 35.5 Å². The second kappa shape index (κ2) is 3.34. The Morgan fingerprint density at radius 1 is 1.82 bits per heavy atom. The van der Waals surface area contributed by atoms with Gasteiger partial charge in [-0.2, -0.15) is 5.06 Å². The summed E-state index contributed by atoms with van der Waals surface area (Å²) in [5.74, 6) is 0. The Hall–Kier alpha value is -0.380. The van der Waals surface area contributed by atoms with Crippen LogP contribution in [0.5, 0.6) is 0 Å². The Kier molecular flexibility index (Phi) is 2.65. The van der Waals surface area contributed by atoms with Crippen molar-refractivity contribution < 1.29 is 5.21 Å². The van der Waals surface area contributed by atoms with E-state index in [2.05, 4.69) is 11.9 Å². The Bertz CT molecular complexity index is 149. The molecular formula is C8H16N2O. The number of hydroxylamine groups is 2. The third-order valence-corrected chi connectivity index (χ3v) is 2.21. The van der Waals surface area contributed by atoms with Gasteiger partial charge in [-0.15, -0.1) is 6.58 Å². The maximum Gasteiger partial charge on any atom is 0.0591 e. The van der Waals surface area contributed by atoms with Gasteiger partial charge in [0.25, 0.3) is 0 Å². The van der Waals surface area contributed by atoms with E-state index in [0.29, 0.717) is 6.54 Å². The normalized spacial score (nSPS) is 33.6. The van der Waals surface area contributed by atoms with E-state index in [-0.39, 0.29) is 5.54 Å². The molecule has 1 aliphatic heterocycles. The smallest absolute Gasteiger partial charge is 0.0591 e. The summed E-state index contributed by atoms with van der Waals surface area (Å²) in [4.78, 5) is 0. The van der Waals surface area contributed by atoms with Crippen molar-refractivity contribution in [2.24, 2.45) is 0 Å². The van der Waals surface area contributed by atoms with E-state index >= 15 is 0 Å². The van der Waals surface area contributed by atoms with Gasteiger partial charge in [0.1, 0.15) is 0 Å². The molecule has 0 aromatic heterocycles. The van der Waals surface area contributed by atoms with Gasteiger partial charge < -0.3 is 10.5 Å². The van der Waals surface area contributed by atoms with Crippen molar-refractivity contribution in [3.63, 3.8) is 0 Å². The molecule has 1 heterocycles. The third-order valence-electron chi connectivity index (χ3n) is 2.21. The first-order valence-electron chi connectivity index (χ1n) is 3.97. The fourth-order valence-corrected chi connectivity index (χ4v) is 1.39. The first-order valence-corrected chi connectivity index (χ1v) is 3.97. The van der Waals surface area contributed by atoms with E-state index in [0.717, 1.165) is 19.5 Å². The Morgan fingerprint density at radius 3 is 3.09 bits per heavy atom. The minimum absolute atomic E-state index is 0.153. The predicted molar refractivity (Wildman–Crippen MR) is 44.6 cm³/mol. The van der Waals surface area contributed by atoms with Gasteiger partial charge in [0.2, 0.25) is 0 Å². The fraction of sp³-hybridized carbons (Fsp3) is 0.750. The van der Waals surface area contributed by atoms with Crippen molar-refractivity contribution in [3.05, 3.63) is 12.7 Å². The minimum atomic E-state index is -0.153. The summed E-state index contributed by atoms with van der Waals surface area (Å²) in [6.45, 7) is 8.09. The molecular weight excluding hydrogens is 140 g/mol. The highest BCUT2D eigenvalue weighted by Gasteiger charge is 2.31. The van der Waals surface area contributed by atoms with Crippen molar-refractivity contribution in [2.75, 3.05) is 19.6 Å². The van der Waals surface area contributed by atoms with Crippen molar-refractivity contribution in [1.29, 1.82) is 0 Å². The van der Waals surface area contributed by atoms with Crippen LogP contribution in [-0.4, -0.2) is 35.4 Å². The summed E-state index contributed by atoms with van der Waals surface area (Å²) < 4.78 is 0. The molecule has 64 valence electrons. The van der Waals surface area contributed by atoms with E-state index in [1.807, 2.05) is 13.0 Å². The molecule has 0 saturated carbocycles. The van der Waals surface area contributed by atoms with Crippen LogP contribution in [0, 0.1) is 0 Å². The van der Waals surface area contributed by atoms with E-state index in [1.165, 1.54) is 5.06 Å². The molecule has 3 nitrogen and oxygen atoms in total. The molecule has 0 aromatic rings. The van der Waals surface area contributed by atoms with E-state index < -0.39 is 0 Å². The molecule has 0 bridgehead atoms. The van der Waals surface area contributed by atoms with Crippen LogP contribution in [-0.2, 0) is 0 Å². The molecule has 2 N–H and O–H groups in total. The lowest BCUT2D eigenvalue weighted by molar-refractivity contribution is -0.176. The molecule has 0 spiro atoms. The molecule has 1 rings (SSSR count). The van der Waals surface area contributed by atoms with Crippen molar-refractivity contribution in [2.45, 2.75) is 18.9 Å². The van der Waals surface area contributed by atoms with Gasteiger partial charge in [-0.05, 0) is 13.3 Å². The average molecular weight is 156 g/mol. The maximum atomic E-state index is 9.50. The van der Waals surface area contributed by atoms with Crippen molar-refractivity contribution in [3.8, 4) is 0 Å². The second-order valence-electron chi connectivity index (χ2n) is 3.29. The zero-order chi connectivity index (χ0) is 8.32. The van der Waals surface area contributed by atoms with E-state index in [1.54, 1.807) is 0 Å². The molecule has 0 amide bonds. The summed E-state index contributed by atoms with van der Waals surface area (Å²) in [6.07, 6.45) is 2.66. The highest BCUT2D eigenvalue weighted by atomic mass is 16.5. The van der Waals surface area contributed by atoms with Crippen LogP contribution in [0.2, 0.25) is 0 Å². The van der Waals surface area contributed by atoms with Crippen LogP contribution < -0.4 is 5.32 Å². The molecule has 0 aromatic carbocycles. The van der Waals surface area contributed by atoms with Crippen LogP contribution in [0.3, 0.4) is 0 Å².